The number of benzene rings is 1. The third kappa shape index (κ3) is 1.21. The SMILES string of the molecule is S=c1nc[nH]c2cc(Cl)ccc12. The van der Waals surface area contributed by atoms with E-state index in [2.05, 4.69) is 9.97 Å². The molecular formula is C8H5ClN2S. The van der Waals surface area contributed by atoms with Crippen molar-refractivity contribution in [3.05, 3.63) is 34.2 Å². The molecule has 0 unspecified atom stereocenters. The fourth-order valence-corrected chi connectivity index (χ4v) is 1.46. The van der Waals surface area contributed by atoms with Gasteiger partial charge in [-0.25, -0.2) is 4.98 Å². The summed E-state index contributed by atoms with van der Waals surface area (Å²) < 4.78 is 0.598. The first-order valence-electron chi connectivity index (χ1n) is 3.40. The zero-order valence-electron chi connectivity index (χ0n) is 6.04. The third-order valence-electron chi connectivity index (χ3n) is 1.61. The van der Waals surface area contributed by atoms with Gasteiger partial charge in [-0.2, -0.15) is 0 Å². The average Bonchev–Trinajstić information content (AvgIpc) is 2.04. The van der Waals surface area contributed by atoms with Crippen molar-refractivity contribution in [3.8, 4) is 0 Å². The zero-order valence-corrected chi connectivity index (χ0v) is 7.62. The molecule has 0 aliphatic carbocycles. The van der Waals surface area contributed by atoms with Crippen molar-refractivity contribution in [1.29, 1.82) is 0 Å². The lowest BCUT2D eigenvalue weighted by atomic mass is 10.2. The molecule has 0 aliphatic rings. The highest BCUT2D eigenvalue weighted by atomic mass is 35.5. The minimum atomic E-state index is 0.598. The summed E-state index contributed by atoms with van der Waals surface area (Å²) in [6.45, 7) is 0. The number of nitrogens with one attached hydrogen (secondary N) is 1. The summed E-state index contributed by atoms with van der Waals surface area (Å²) in [5, 5.41) is 1.62. The molecule has 1 aromatic carbocycles. The molecule has 0 atom stereocenters. The van der Waals surface area contributed by atoms with Crippen LogP contribution in [0.5, 0.6) is 0 Å². The number of rotatable bonds is 0. The van der Waals surface area contributed by atoms with Crippen molar-refractivity contribution < 1.29 is 0 Å². The maximum absolute atomic E-state index is 5.80. The Kier molecular flexibility index (Phi) is 1.83. The number of aromatic amines is 1. The second kappa shape index (κ2) is 2.84. The Morgan fingerprint density at radius 3 is 3.08 bits per heavy atom. The average molecular weight is 197 g/mol. The first kappa shape index (κ1) is 7.71. The highest BCUT2D eigenvalue weighted by Gasteiger charge is 1.95. The van der Waals surface area contributed by atoms with Gasteiger partial charge in [-0.05, 0) is 18.2 Å². The number of nitrogens with zero attached hydrogens (tertiary/aromatic N) is 1. The van der Waals surface area contributed by atoms with Crippen LogP contribution in [0.1, 0.15) is 0 Å². The molecule has 2 rings (SSSR count). The van der Waals surface area contributed by atoms with Crippen LogP contribution in [0.25, 0.3) is 10.9 Å². The van der Waals surface area contributed by atoms with Crippen molar-refractivity contribution in [2.75, 3.05) is 0 Å². The lowest BCUT2D eigenvalue weighted by molar-refractivity contribution is 1.21. The Morgan fingerprint density at radius 2 is 2.25 bits per heavy atom. The number of H-pyrrole nitrogens is 1. The molecule has 0 saturated heterocycles. The molecule has 0 fully saturated rings. The Balaban J connectivity index is 2.96. The maximum Gasteiger partial charge on any atom is 0.137 e. The Labute approximate surface area is 79.2 Å². The molecule has 1 heterocycles. The predicted molar refractivity (Wildman–Crippen MR) is 51.9 cm³/mol. The minimum absolute atomic E-state index is 0.598. The van der Waals surface area contributed by atoms with Crippen LogP contribution in [0.3, 0.4) is 0 Å². The van der Waals surface area contributed by atoms with Crippen LogP contribution < -0.4 is 0 Å². The molecule has 0 saturated carbocycles. The van der Waals surface area contributed by atoms with E-state index in [1.54, 1.807) is 12.4 Å². The first-order valence-corrected chi connectivity index (χ1v) is 4.19. The predicted octanol–water partition coefficient (Wildman–Crippen LogP) is 2.95. The van der Waals surface area contributed by atoms with Gasteiger partial charge >= 0.3 is 0 Å². The Bertz CT molecular complexity index is 478. The molecule has 1 aromatic heterocycles. The summed E-state index contributed by atoms with van der Waals surface area (Å²) in [6, 6.07) is 5.49. The summed E-state index contributed by atoms with van der Waals surface area (Å²) in [7, 11) is 0. The number of hydrogen-bond acceptors (Lipinski definition) is 2. The summed E-state index contributed by atoms with van der Waals surface area (Å²) in [5.41, 5.74) is 0.919. The molecule has 4 heteroatoms. The minimum Gasteiger partial charge on any atom is -0.346 e. The lowest BCUT2D eigenvalue weighted by Gasteiger charge is -1.96. The fraction of sp³-hybridized carbons (Fsp3) is 0. The van der Waals surface area contributed by atoms with E-state index in [1.807, 2.05) is 12.1 Å². The molecule has 1 N–H and O–H groups in total. The van der Waals surface area contributed by atoms with E-state index in [-0.39, 0.29) is 0 Å². The van der Waals surface area contributed by atoms with E-state index in [0.29, 0.717) is 9.66 Å². The standard InChI is InChI=1S/C8H5ClN2S/c9-5-1-2-6-7(3-5)10-4-11-8(6)12/h1-4H,(H,10,11,12). The van der Waals surface area contributed by atoms with Crippen molar-refractivity contribution in [3.63, 3.8) is 0 Å². The van der Waals surface area contributed by atoms with Crippen LogP contribution in [-0.2, 0) is 0 Å². The van der Waals surface area contributed by atoms with Gasteiger partial charge in [-0.1, -0.05) is 23.8 Å². The Morgan fingerprint density at radius 1 is 1.42 bits per heavy atom. The molecule has 0 radical (unpaired) electrons. The molecule has 0 spiro atoms. The van der Waals surface area contributed by atoms with Gasteiger partial charge in [-0.3, -0.25) is 0 Å². The summed E-state index contributed by atoms with van der Waals surface area (Å²) in [4.78, 5) is 6.92. The van der Waals surface area contributed by atoms with Crippen LogP contribution in [0.15, 0.2) is 24.5 Å². The number of halogens is 1. The van der Waals surface area contributed by atoms with Crippen LogP contribution in [0, 0.1) is 4.64 Å². The van der Waals surface area contributed by atoms with E-state index in [0.717, 1.165) is 10.9 Å². The van der Waals surface area contributed by atoms with Gasteiger partial charge in [0, 0.05) is 10.4 Å². The van der Waals surface area contributed by atoms with Crippen molar-refractivity contribution >= 4 is 34.7 Å². The van der Waals surface area contributed by atoms with Gasteiger partial charge < -0.3 is 4.98 Å². The molecule has 0 bridgehead atoms. The van der Waals surface area contributed by atoms with Gasteiger partial charge in [0.1, 0.15) is 4.64 Å². The zero-order chi connectivity index (χ0) is 8.55. The van der Waals surface area contributed by atoms with Crippen LogP contribution >= 0.6 is 23.8 Å². The van der Waals surface area contributed by atoms with Gasteiger partial charge in [0.05, 0.1) is 11.8 Å². The number of aromatic nitrogens is 2. The summed E-state index contributed by atoms with van der Waals surface area (Å²) in [5.74, 6) is 0. The van der Waals surface area contributed by atoms with Crippen LogP contribution in [0.2, 0.25) is 5.02 Å². The second-order valence-corrected chi connectivity index (χ2v) is 3.22. The van der Waals surface area contributed by atoms with E-state index in [4.69, 9.17) is 23.8 Å². The highest BCUT2D eigenvalue weighted by molar-refractivity contribution is 7.71. The number of hydrogen-bond donors (Lipinski definition) is 1. The molecule has 0 amide bonds. The van der Waals surface area contributed by atoms with Crippen molar-refractivity contribution in [2.24, 2.45) is 0 Å². The van der Waals surface area contributed by atoms with Gasteiger partial charge in [-0.15, -0.1) is 0 Å². The normalized spacial score (nSPS) is 10.4. The van der Waals surface area contributed by atoms with E-state index < -0.39 is 0 Å². The smallest absolute Gasteiger partial charge is 0.137 e. The van der Waals surface area contributed by atoms with Crippen molar-refractivity contribution in [1.82, 2.24) is 9.97 Å². The molecule has 2 nitrogen and oxygen atoms in total. The topological polar surface area (TPSA) is 28.7 Å². The lowest BCUT2D eigenvalue weighted by Crippen LogP contribution is -1.82. The molecule has 12 heavy (non-hydrogen) atoms. The quantitative estimate of drug-likeness (QED) is 0.657. The molecule has 0 aliphatic heterocycles. The van der Waals surface area contributed by atoms with Gasteiger partial charge in [0.15, 0.2) is 0 Å². The van der Waals surface area contributed by atoms with Gasteiger partial charge in [0.2, 0.25) is 0 Å². The molecule has 2 aromatic rings. The van der Waals surface area contributed by atoms with E-state index in [9.17, 15) is 0 Å². The van der Waals surface area contributed by atoms with E-state index >= 15 is 0 Å². The van der Waals surface area contributed by atoms with Crippen LogP contribution in [-0.4, -0.2) is 9.97 Å². The third-order valence-corrected chi connectivity index (χ3v) is 2.17. The number of fused-ring (bicyclic) bond motifs is 1. The van der Waals surface area contributed by atoms with E-state index in [1.165, 1.54) is 0 Å². The largest absolute Gasteiger partial charge is 0.346 e. The molecular weight excluding hydrogens is 192 g/mol. The monoisotopic (exact) mass is 196 g/mol. The summed E-state index contributed by atoms with van der Waals surface area (Å²) >= 11 is 10.8. The second-order valence-electron chi connectivity index (χ2n) is 2.40. The first-order chi connectivity index (χ1) is 5.77. The van der Waals surface area contributed by atoms with Crippen LogP contribution in [0.4, 0.5) is 0 Å². The summed E-state index contributed by atoms with van der Waals surface area (Å²) in [6.07, 6.45) is 1.57. The molecule has 60 valence electrons. The van der Waals surface area contributed by atoms with Gasteiger partial charge in [0.25, 0.3) is 0 Å². The Hall–Kier alpha value is -0.930. The van der Waals surface area contributed by atoms with Crippen molar-refractivity contribution in [2.45, 2.75) is 0 Å². The maximum atomic E-state index is 5.80. The fourth-order valence-electron chi connectivity index (χ4n) is 1.05. The highest BCUT2D eigenvalue weighted by Crippen LogP contribution is 2.16.